The summed E-state index contributed by atoms with van der Waals surface area (Å²) < 4.78 is 3.73. The molecule has 2 saturated carbocycles. The molecule has 10 nitrogen and oxygen atoms in total. The van der Waals surface area contributed by atoms with E-state index in [9.17, 15) is 9.90 Å². The van der Waals surface area contributed by atoms with E-state index in [1.807, 2.05) is 47.7 Å². The van der Waals surface area contributed by atoms with Crippen LogP contribution in [0.4, 0.5) is 5.82 Å². The van der Waals surface area contributed by atoms with Crippen molar-refractivity contribution >= 4 is 11.7 Å². The molecule has 4 heterocycles. The molecule has 3 aromatic heterocycles. The van der Waals surface area contributed by atoms with Gasteiger partial charge in [0, 0.05) is 49.9 Å². The molecule has 200 valence electrons. The predicted octanol–water partition coefficient (Wildman–Crippen LogP) is 3.32. The first-order chi connectivity index (χ1) is 18.9. The number of hydrogen-bond donors (Lipinski definition) is 2. The Morgan fingerprint density at radius 3 is 2.69 bits per heavy atom. The molecule has 39 heavy (non-hydrogen) atoms. The molecule has 0 bridgehead atoms. The van der Waals surface area contributed by atoms with Crippen molar-refractivity contribution in [3.8, 4) is 22.6 Å². The van der Waals surface area contributed by atoms with E-state index in [1.54, 1.807) is 11.2 Å². The third-order valence-corrected chi connectivity index (χ3v) is 8.31. The van der Waals surface area contributed by atoms with Gasteiger partial charge in [0.1, 0.15) is 12.1 Å². The van der Waals surface area contributed by atoms with E-state index in [2.05, 4.69) is 32.7 Å². The van der Waals surface area contributed by atoms with E-state index >= 15 is 0 Å². The maximum absolute atomic E-state index is 13.7. The standard InChI is InChI=1S/C29H32N8O2/c1-35-17-31-34-27(35)23-14-32-36(2)26(23)21-11-24(19-6-7-19)33-25(12-21)37-15-20-5-4-18(10-22(20)28(37)38)13-30-16-29(39)8-3-9-29/h4-5,10-12,14,17,19,30,39H,3,6-9,13,15-16H2,1-2H3. The van der Waals surface area contributed by atoms with Gasteiger partial charge in [-0.15, -0.1) is 10.2 Å². The molecule has 1 amide bonds. The lowest BCUT2D eigenvalue weighted by molar-refractivity contribution is -0.0314. The number of nitrogens with one attached hydrogen (secondary N) is 1. The summed E-state index contributed by atoms with van der Waals surface area (Å²) in [4.78, 5) is 20.4. The minimum absolute atomic E-state index is 0.0330. The smallest absolute Gasteiger partial charge is 0.260 e. The Kier molecular flexibility index (Phi) is 5.64. The molecule has 2 aliphatic carbocycles. The number of rotatable bonds is 8. The number of pyridine rings is 1. The maximum Gasteiger partial charge on any atom is 0.260 e. The van der Waals surface area contributed by atoms with Crippen molar-refractivity contribution in [1.29, 1.82) is 0 Å². The summed E-state index contributed by atoms with van der Waals surface area (Å²) >= 11 is 0. The minimum atomic E-state index is -0.570. The van der Waals surface area contributed by atoms with E-state index in [4.69, 9.17) is 4.98 Å². The summed E-state index contributed by atoms with van der Waals surface area (Å²) in [6.45, 7) is 1.69. The first-order valence-electron chi connectivity index (χ1n) is 13.6. The van der Waals surface area contributed by atoms with E-state index < -0.39 is 5.60 Å². The van der Waals surface area contributed by atoms with E-state index in [0.717, 1.165) is 77.1 Å². The number of benzene rings is 1. The van der Waals surface area contributed by atoms with Gasteiger partial charge in [-0.3, -0.25) is 14.4 Å². The van der Waals surface area contributed by atoms with Crippen LogP contribution in [0.5, 0.6) is 0 Å². The van der Waals surface area contributed by atoms with Crippen LogP contribution in [-0.4, -0.2) is 52.7 Å². The lowest BCUT2D eigenvalue weighted by atomic mass is 9.80. The van der Waals surface area contributed by atoms with Crippen molar-refractivity contribution in [3.05, 3.63) is 65.2 Å². The number of aryl methyl sites for hydroxylation is 2. The number of aromatic nitrogens is 6. The topological polar surface area (TPSA) is 114 Å². The van der Waals surface area contributed by atoms with Gasteiger partial charge in [0.25, 0.3) is 5.91 Å². The van der Waals surface area contributed by atoms with Gasteiger partial charge in [0.05, 0.1) is 29.6 Å². The Labute approximate surface area is 226 Å². The summed E-state index contributed by atoms with van der Waals surface area (Å²) in [5, 5.41) is 26.6. The van der Waals surface area contributed by atoms with E-state index in [1.165, 1.54) is 0 Å². The van der Waals surface area contributed by atoms with Crippen molar-refractivity contribution < 1.29 is 9.90 Å². The van der Waals surface area contributed by atoms with Crippen molar-refractivity contribution in [2.24, 2.45) is 14.1 Å². The lowest BCUT2D eigenvalue weighted by Gasteiger charge is -2.36. The molecule has 2 fully saturated rings. The number of amides is 1. The first-order valence-corrected chi connectivity index (χ1v) is 13.6. The van der Waals surface area contributed by atoms with Crippen LogP contribution in [0.2, 0.25) is 0 Å². The molecule has 10 heteroatoms. The molecular formula is C29H32N8O2. The van der Waals surface area contributed by atoms with Crippen molar-refractivity contribution in [2.75, 3.05) is 11.4 Å². The normalized spacial score (nSPS) is 17.9. The molecule has 0 atom stereocenters. The Balaban J connectivity index is 1.19. The third kappa shape index (κ3) is 4.33. The summed E-state index contributed by atoms with van der Waals surface area (Å²) in [7, 11) is 3.83. The van der Waals surface area contributed by atoms with Gasteiger partial charge < -0.3 is 15.0 Å². The molecule has 0 radical (unpaired) electrons. The van der Waals surface area contributed by atoms with Gasteiger partial charge >= 0.3 is 0 Å². The van der Waals surface area contributed by atoms with E-state index in [0.29, 0.717) is 31.4 Å². The highest BCUT2D eigenvalue weighted by Crippen LogP contribution is 2.43. The zero-order chi connectivity index (χ0) is 26.7. The van der Waals surface area contributed by atoms with Crippen molar-refractivity contribution in [1.82, 2.24) is 34.8 Å². The summed E-state index contributed by atoms with van der Waals surface area (Å²) in [6.07, 6.45) is 8.50. The molecular weight excluding hydrogens is 492 g/mol. The highest BCUT2D eigenvalue weighted by atomic mass is 16.3. The first kappa shape index (κ1) is 24.2. The fourth-order valence-electron chi connectivity index (χ4n) is 5.71. The number of anilines is 1. The van der Waals surface area contributed by atoms with Crippen LogP contribution in [0.25, 0.3) is 22.6 Å². The van der Waals surface area contributed by atoms with Gasteiger partial charge in [0.15, 0.2) is 5.82 Å². The van der Waals surface area contributed by atoms with Crippen molar-refractivity contribution in [3.63, 3.8) is 0 Å². The van der Waals surface area contributed by atoms with Crippen molar-refractivity contribution in [2.45, 2.75) is 56.7 Å². The fourth-order valence-corrected chi connectivity index (χ4v) is 5.71. The zero-order valence-corrected chi connectivity index (χ0v) is 22.3. The zero-order valence-electron chi connectivity index (χ0n) is 22.3. The van der Waals surface area contributed by atoms with Gasteiger partial charge in [-0.05, 0) is 61.4 Å². The highest BCUT2D eigenvalue weighted by molar-refractivity contribution is 6.09. The lowest BCUT2D eigenvalue weighted by Crippen LogP contribution is -2.45. The summed E-state index contributed by atoms with van der Waals surface area (Å²) in [6, 6.07) is 10.2. The SMILES string of the molecule is Cn1cnnc1-c1cnn(C)c1-c1cc(C2CC2)nc(N2Cc3ccc(CNCC4(O)CCC4)cc3C2=O)c1. The van der Waals surface area contributed by atoms with Crippen LogP contribution >= 0.6 is 0 Å². The fraction of sp³-hybridized carbons (Fsp3) is 0.414. The Morgan fingerprint density at radius 2 is 1.97 bits per heavy atom. The second-order valence-electron chi connectivity index (χ2n) is 11.3. The van der Waals surface area contributed by atoms with Crippen LogP contribution in [-0.2, 0) is 27.2 Å². The van der Waals surface area contributed by atoms with Gasteiger partial charge in [0.2, 0.25) is 0 Å². The molecule has 0 unspecified atom stereocenters. The monoisotopic (exact) mass is 524 g/mol. The van der Waals surface area contributed by atoms with Gasteiger partial charge in [-0.1, -0.05) is 12.1 Å². The molecule has 0 saturated heterocycles. The van der Waals surface area contributed by atoms with E-state index in [-0.39, 0.29) is 5.91 Å². The van der Waals surface area contributed by atoms with Gasteiger partial charge in [-0.2, -0.15) is 5.10 Å². The van der Waals surface area contributed by atoms with Crippen LogP contribution in [0.1, 0.15) is 65.2 Å². The molecule has 1 aliphatic heterocycles. The van der Waals surface area contributed by atoms with Gasteiger partial charge in [-0.25, -0.2) is 4.98 Å². The number of hydrogen-bond acceptors (Lipinski definition) is 7. The maximum atomic E-state index is 13.7. The predicted molar refractivity (Wildman–Crippen MR) is 146 cm³/mol. The summed E-state index contributed by atoms with van der Waals surface area (Å²) in [5.74, 6) is 1.78. The largest absolute Gasteiger partial charge is 0.389 e. The molecule has 4 aromatic rings. The molecule has 3 aliphatic rings. The number of nitrogens with zero attached hydrogens (tertiary/aromatic N) is 7. The molecule has 0 spiro atoms. The second-order valence-corrected chi connectivity index (χ2v) is 11.3. The minimum Gasteiger partial charge on any atom is -0.389 e. The number of fused-ring (bicyclic) bond motifs is 1. The Morgan fingerprint density at radius 1 is 1.13 bits per heavy atom. The average molecular weight is 525 g/mol. The molecule has 1 aromatic carbocycles. The Bertz CT molecular complexity index is 1580. The quantitative estimate of drug-likeness (QED) is 0.363. The molecule has 7 rings (SSSR count). The number of carbonyl (C=O) groups is 1. The van der Waals surface area contributed by atoms with Crippen LogP contribution in [0.3, 0.4) is 0 Å². The van der Waals surface area contributed by atoms with Crippen LogP contribution in [0.15, 0.2) is 42.9 Å². The summed E-state index contributed by atoms with van der Waals surface area (Å²) in [5.41, 5.74) is 5.96. The van der Waals surface area contributed by atoms with Crippen LogP contribution in [0, 0.1) is 0 Å². The average Bonchev–Trinajstić information content (AvgIpc) is 3.46. The number of aliphatic hydroxyl groups is 1. The number of carbonyl (C=O) groups excluding carboxylic acids is 1. The Hall–Kier alpha value is -3.89. The van der Waals surface area contributed by atoms with Crippen LogP contribution < -0.4 is 10.2 Å². The molecule has 2 N–H and O–H groups in total. The third-order valence-electron chi connectivity index (χ3n) is 8.31. The highest BCUT2D eigenvalue weighted by Gasteiger charge is 2.35. The second kappa shape index (κ2) is 9.10.